The van der Waals surface area contributed by atoms with Gasteiger partial charge in [0.25, 0.3) is 0 Å². The predicted molar refractivity (Wildman–Crippen MR) is 165 cm³/mol. The molecule has 0 radical (unpaired) electrons. The van der Waals surface area contributed by atoms with Gasteiger partial charge >= 0.3 is 23.8 Å². The first-order chi connectivity index (χ1) is 22.6. The number of alkyl carbamates (subject to hydrolysis) is 1. The van der Waals surface area contributed by atoms with Crippen LogP contribution in [0.2, 0.25) is 0 Å². The molecule has 1 aliphatic heterocycles. The lowest BCUT2D eigenvalue weighted by Gasteiger charge is -2.40. The van der Waals surface area contributed by atoms with Crippen molar-refractivity contribution in [3.8, 4) is 0 Å². The summed E-state index contributed by atoms with van der Waals surface area (Å²) >= 11 is 0. The Bertz CT molecular complexity index is 1510. The van der Waals surface area contributed by atoms with Gasteiger partial charge in [-0.25, -0.2) is 19.2 Å². The van der Waals surface area contributed by atoms with Crippen LogP contribution in [0.25, 0.3) is 0 Å². The molecule has 2 unspecified atom stereocenters. The molecule has 16 nitrogen and oxygen atoms in total. The third-order valence-electron chi connectivity index (χ3n) is 7.58. The number of amides is 3. The van der Waals surface area contributed by atoms with Crippen LogP contribution in [0.4, 0.5) is 21.1 Å². The van der Waals surface area contributed by atoms with Crippen molar-refractivity contribution in [2.75, 3.05) is 30.5 Å². The van der Waals surface area contributed by atoms with Crippen LogP contribution in [0.3, 0.4) is 0 Å². The minimum absolute atomic E-state index is 0.00847. The Hall–Kier alpha value is -5.06. The number of benzene rings is 1. The summed E-state index contributed by atoms with van der Waals surface area (Å²) in [6.07, 6.45) is 0.965. The van der Waals surface area contributed by atoms with Gasteiger partial charge in [-0.15, -0.1) is 0 Å². The topological polar surface area (TPSA) is 217 Å². The Morgan fingerprint density at radius 2 is 1.77 bits per heavy atom. The van der Waals surface area contributed by atoms with Gasteiger partial charge in [-0.3, -0.25) is 14.7 Å². The molecule has 1 aromatic heterocycles. The van der Waals surface area contributed by atoms with E-state index in [1.807, 2.05) is 0 Å². The molecule has 16 heteroatoms. The Labute approximate surface area is 269 Å². The summed E-state index contributed by atoms with van der Waals surface area (Å²) in [5, 5.41) is 26.9. The first-order valence-electron chi connectivity index (χ1n) is 14.8. The minimum atomic E-state index is -1.12. The highest BCUT2D eigenvalue weighted by Crippen LogP contribution is 2.48. The molecule has 6 atom stereocenters. The van der Waals surface area contributed by atoms with Crippen molar-refractivity contribution in [3.05, 3.63) is 77.9 Å². The largest absolute Gasteiger partial charge is 0.460 e. The highest BCUT2D eigenvalue weighted by molar-refractivity contribution is 5.91. The fourth-order valence-electron chi connectivity index (χ4n) is 5.16. The van der Waals surface area contributed by atoms with Crippen molar-refractivity contribution in [2.45, 2.75) is 56.3 Å². The maximum absolute atomic E-state index is 12.6. The lowest BCUT2D eigenvalue weighted by Crippen LogP contribution is -2.47. The van der Waals surface area contributed by atoms with Gasteiger partial charge in [0, 0.05) is 24.2 Å². The number of rotatable bonds is 15. The van der Waals surface area contributed by atoms with Gasteiger partial charge in [-0.2, -0.15) is 4.98 Å². The van der Waals surface area contributed by atoms with E-state index in [9.17, 15) is 34.2 Å². The molecule has 2 aromatic rings. The lowest BCUT2D eigenvalue weighted by molar-refractivity contribution is -0.145. The second-order valence-electron chi connectivity index (χ2n) is 10.8. The zero-order valence-electron chi connectivity index (χ0n) is 25.4. The molecular formula is C31H37N5O11. The van der Waals surface area contributed by atoms with Crippen molar-refractivity contribution >= 4 is 35.6 Å². The molecule has 1 saturated carbocycles. The van der Waals surface area contributed by atoms with Gasteiger partial charge in [0.15, 0.2) is 0 Å². The molecule has 3 amide bonds. The zero-order valence-corrected chi connectivity index (χ0v) is 25.4. The van der Waals surface area contributed by atoms with Crippen LogP contribution in [0, 0.1) is 5.92 Å². The van der Waals surface area contributed by atoms with E-state index in [2.05, 4.69) is 34.1 Å². The molecule has 5 N–H and O–H groups in total. The molecule has 2 aliphatic rings. The SMILES string of the molecule is C=CCOC(=O)N[C@@H](CCC(=O)Nc1ccc(COC(=O)Nc2ccn([C@@H]3CC4C(O)[C@@H](CO)O[C@H]43)c(=O)n2)cc1)C(=O)OCC=C. The molecule has 2 fully saturated rings. The van der Waals surface area contributed by atoms with E-state index < -0.39 is 54.1 Å². The van der Waals surface area contributed by atoms with Crippen molar-refractivity contribution in [1.82, 2.24) is 14.9 Å². The second kappa shape index (κ2) is 16.5. The molecule has 252 valence electrons. The van der Waals surface area contributed by atoms with Crippen molar-refractivity contribution < 1.29 is 48.3 Å². The van der Waals surface area contributed by atoms with Gasteiger partial charge in [0.1, 0.15) is 37.8 Å². The van der Waals surface area contributed by atoms with Crippen molar-refractivity contribution in [2.24, 2.45) is 5.92 Å². The summed E-state index contributed by atoms with van der Waals surface area (Å²) in [6.45, 7) is 6.36. The molecule has 1 aliphatic carbocycles. The van der Waals surface area contributed by atoms with E-state index in [1.54, 1.807) is 24.3 Å². The maximum Gasteiger partial charge on any atom is 0.413 e. The first-order valence-corrected chi connectivity index (χ1v) is 14.8. The molecule has 0 spiro atoms. The third kappa shape index (κ3) is 9.25. The molecule has 47 heavy (non-hydrogen) atoms. The maximum atomic E-state index is 12.6. The van der Waals surface area contributed by atoms with E-state index in [0.29, 0.717) is 17.7 Å². The van der Waals surface area contributed by atoms with Gasteiger partial charge in [0.05, 0.1) is 24.9 Å². The molecular weight excluding hydrogens is 618 g/mol. The number of aliphatic hydroxyl groups excluding tert-OH is 2. The number of carbonyl (C=O) groups is 4. The number of nitrogens with one attached hydrogen (secondary N) is 3. The van der Waals surface area contributed by atoms with E-state index in [-0.39, 0.29) is 57.0 Å². The Morgan fingerprint density at radius 3 is 2.45 bits per heavy atom. The van der Waals surface area contributed by atoms with Crippen LogP contribution < -0.4 is 21.6 Å². The van der Waals surface area contributed by atoms with E-state index >= 15 is 0 Å². The lowest BCUT2D eigenvalue weighted by atomic mass is 9.74. The summed E-state index contributed by atoms with van der Waals surface area (Å²) in [4.78, 5) is 65.5. The third-order valence-corrected chi connectivity index (χ3v) is 7.58. The monoisotopic (exact) mass is 655 g/mol. The number of hydrogen-bond donors (Lipinski definition) is 5. The molecule has 2 heterocycles. The fourth-order valence-corrected chi connectivity index (χ4v) is 5.16. The minimum Gasteiger partial charge on any atom is -0.460 e. The van der Waals surface area contributed by atoms with Gasteiger partial charge in [0.2, 0.25) is 5.91 Å². The van der Waals surface area contributed by atoms with E-state index in [4.69, 9.17) is 18.9 Å². The molecule has 1 saturated heterocycles. The number of aliphatic hydroxyl groups is 2. The summed E-state index contributed by atoms with van der Waals surface area (Å²) in [6, 6.07) is 6.43. The number of aromatic nitrogens is 2. The molecule has 4 rings (SSSR count). The van der Waals surface area contributed by atoms with Gasteiger partial charge < -0.3 is 39.8 Å². The second-order valence-corrected chi connectivity index (χ2v) is 10.8. The van der Waals surface area contributed by atoms with E-state index in [1.165, 1.54) is 29.0 Å². The average molecular weight is 656 g/mol. The van der Waals surface area contributed by atoms with E-state index in [0.717, 1.165) is 0 Å². The Kier molecular flexibility index (Phi) is 12.2. The smallest absolute Gasteiger partial charge is 0.413 e. The van der Waals surface area contributed by atoms with Crippen LogP contribution in [0.1, 0.15) is 30.9 Å². The van der Waals surface area contributed by atoms with Crippen LogP contribution in [0.15, 0.2) is 66.6 Å². The molecule has 1 aromatic carbocycles. The summed E-state index contributed by atoms with van der Waals surface area (Å²) < 4.78 is 22.1. The van der Waals surface area contributed by atoms with Crippen LogP contribution in [0.5, 0.6) is 0 Å². The van der Waals surface area contributed by atoms with Gasteiger partial charge in [-0.05, 0) is 36.6 Å². The number of esters is 1. The number of carbonyl (C=O) groups excluding carboxylic acids is 4. The summed E-state index contributed by atoms with van der Waals surface area (Å²) in [5.74, 6) is -1.34. The van der Waals surface area contributed by atoms with Crippen LogP contribution >= 0.6 is 0 Å². The first kappa shape index (κ1) is 34.8. The van der Waals surface area contributed by atoms with Crippen molar-refractivity contribution in [1.29, 1.82) is 0 Å². The Morgan fingerprint density at radius 1 is 1.04 bits per heavy atom. The zero-order chi connectivity index (χ0) is 33.9. The summed E-state index contributed by atoms with van der Waals surface area (Å²) in [5.41, 5.74) is 0.437. The predicted octanol–water partition coefficient (Wildman–Crippen LogP) is 1.40. The Balaban J connectivity index is 1.21. The highest BCUT2D eigenvalue weighted by atomic mass is 16.6. The fraction of sp³-hybridized carbons (Fsp3) is 0.419. The van der Waals surface area contributed by atoms with Crippen LogP contribution in [-0.2, 0) is 35.1 Å². The number of nitrogens with zero attached hydrogens (tertiary/aromatic N) is 2. The van der Waals surface area contributed by atoms with Crippen molar-refractivity contribution in [3.63, 3.8) is 0 Å². The molecule has 0 bridgehead atoms. The number of hydrogen-bond acceptors (Lipinski definition) is 12. The number of anilines is 2. The van der Waals surface area contributed by atoms with Gasteiger partial charge in [-0.1, -0.05) is 37.4 Å². The normalized spacial score (nSPS) is 21.6. The average Bonchev–Trinajstić information content (AvgIpc) is 3.29. The standard InChI is InChI=1S/C31H37N5O11/c1-3-13-44-28(40)21(33-30(42)45-14-4-2)9-10-25(38)32-19-7-5-18(6-8-19)17-46-31(43)35-24-11-12-36(29(41)34-24)22-15-20-26(39)23(16-37)47-27(20)22/h3-8,11-12,20-23,26-27,37,39H,1-2,9-10,13-17H2,(H,32,38)(H,33,42)(H,34,35,41,43)/t20?,21-,22+,23+,26?,27+/m0/s1. The van der Waals surface area contributed by atoms with Crippen LogP contribution in [-0.4, -0.2) is 88.0 Å². The number of ether oxygens (including phenoxy) is 4. The number of fused-ring (bicyclic) bond motifs is 1. The summed E-state index contributed by atoms with van der Waals surface area (Å²) in [7, 11) is 0. The highest BCUT2D eigenvalue weighted by Gasteiger charge is 2.55. The quantitative estimate of drug-likeness (QED) is 0.105.